The van der Waals surface area contributed by atoms with Gasteiger partial charge < -0.3 is 30.8 Å². The van der Waals surface area contributed by atoms with E-state index in [-0.39, 0.29) is 35.5 Å². The third kappa shape index (κ3) is 2.45. The van der Waals surface area contributed by atoms with E-state index >= 15 is 0 Å². The van der Waals surface area contributed by atoms with Crippen molar-refractivity contribution in [3.63, 3.8) is 0 Å². The fourth-order valence-electron chi connectivity index (χ4n) is 5.06. The summed E-state index contributed by atoms with van der Waals surface area (Å²) < 4.78 is 0. The van der Waals surface area contributed by atoms with Crippen molar-refractivity contribution in [1.82, 2.24) is 5.32 Å². The van der Waals surface area contributed by atoms with E-state index in [4.69, 9.17) is 0 Å². The average molecular weight is 401 g/mol. The molecular formula is C21H23NO7. The third-order valence-corrected chi connectivity index (χ3v) is 6.59. The van der Waals surface area contributed by atoms with Gasteiger partial charge in [-0.3, -0.25) is 9.59 Å². The molecule has 4 rings (SSSR count). The first-order valence-corrected chi connectivity index (χ1v) is 9.47. The highest BCUT2D eigenvalue weighted by molar-refractivity contribution is 6.13. The molecule has 0 saturated heterocycles. The van der Waals surface area contributed by atoms with Crippen molar-refractivity contribution >= 4 is 11.7 Å². The van der Waals surface area contributed by atoms with Gasteiger partial charge in [0.25, 0.3) is 5.91 Å². The molecule has 3 aliphatic rings. The van der Waals surface area contributed by atoms with Crippen LogP contribution in [0.15, 0.2) is 34.8 Å². The van der Waals surface area contributed by atoms with E-state index in [0.717, 1.165) is 5.56 Å². The number of hydrogen-bond donors (Lipinski definition) is 6. The molecule has 4 atom stereocenters. The minimum absolute atomic E-state index is 0.0613. The topological polar surface area (TPSA) is 147 Å². The number of ketones is 1. The minimum Gasteiger partial charge on any atom is -0.512 e. The van der Waals surface area contributed by atoms with E-state index in [9.17, 15) is 35.1 Å². The second-order valence-corrected chi connectivity index (χ2v) is 8.05. The monoisotopic (exact) mass is 401 g/mol. The summed E-state index contributed by atoms with van der Waals surface area (Å²) in [6, 6.07) is 3.12. The molecular weight excluding hydrogens is 378 g/mol. The lowest BCUT2D eigenvalue weighted by Gasteiger charge is -2.49. The highest BCUT2D eigenvalue weighted by Crippen LogP contribution is 2.52. The molecule has 1 aromatic rings. The molecule has 3 aliphatic carbocycles. The summed E-state index contributed by atoms with van der Waals surface area (Å²) in [6.45, 7) is 1.83. The van der Waals surface area contributed by atoms with Crippen molar-refractivity contribution in [3.05, 3.63) is 51.5 Å². The first-order valence-electron chi connectivity index (χ1n) is 9.47. The van der Waals surface area contributed by atoms with E-state index in [0.29, 0.717) is 12.0 Å². The van der Waals surface area contributed by atoms with Crippen LogP contribution in [0.5, 0.6) is 5.75 Å². The summed E-state index contributed by atoms with van der Waals surface area (Å²) in [5.74, 6) is -3.87. The molecule has 0 bridgehead atoms. The van der Waals surface area contributed by atoms with E-state index in [1.165, 1.54) is 13.1 Å². The Kier molecular flexibility index (Phi) is 4.25. The molecule has 0 aliphatic heterocycles. The van der Waals surface area contributed by atoms with Crippen molar-refractivity contribution < 1.29 is 35.1 Å². The number of nitrogens with one attached hydrogen (secondary N) is 1. The number of carbonyl (C=O) groups excluding carboxylic acids is 2. The predicted molar refractivity (Wildman–Crippen MR) is 101 cm³/mol. The van der Waals surface area contributed by atoms with Crippen molar-refractivity contribution in [2.45, 2.75) is 37.9 Å². The standard InChI is InChI=1S/C21H23NO7/c1-8-3-4-12(23)15-11(8)6-9-5-10-7-13(24)16(20(28)22-2)19(27)21(10,29)18(26)14(9)17(15)25/h3-4,9-10,19,23-24,26-27,29H,5-7H2,1-2H3,(H,22,28)/t9-,10+,19?,21+/m1/s1. The van der Waals surface area contributed by atoms with Crippen LogP contribution >= 0.6 is 0 Å². The molecule has 1 unspecified atom stereocenters. The normalized spacial score (nSPS) is 31.2. The van der Waals surface area contributed by atoms with Gasteiger partial charge in [-0.15, -0.1) is 0 Å². The zero-order chi connectivity index (χ0) is 21.2. The zero-order valence-corrected chi connectivity index (χ0v) is 16.1. The number of allylic oxidation sites excluding steroid dienone is 2. The van der Waals surface area contributed by atoms with Gasteiger partial charge in [0.2, 0.25) is 0 Å². The fraction of sp³-hybridized carbons (Fsp3) is 0.429. The number of likely N-dealkylation sites (N-methyl/N-ethyl adjacent to an activating group) is 1. The molecule has 154 valence electrons. The SMILES string of the molecule is CNC(=O)C1=C(O)C[C@@H]2C[C@@H]3Cc4c(C)ccc(O)c4C(=O)C3=C(O)[C@]2(O)C1O. The molecule has 29 heavy (non-hydrogen) atoms. The van der Waals surface area contributed by atoms with E-state index in [1.807, 2.05) is 6.92 Å². The molecule has 0 heterocycles. The molecule has 0 radical (unpaired) electrons. The summed E-state index contributed by atoms with van der Waals surface area (Å²) >= 11 is 0. The van der Waals surface area contributed by atoms with Gasteiger partial charge in [0.05, 0.1) is 11.1 Å². The van der Waals surface area contributed by atoms with Gasteiger partial charge in [0, 0.05) is 25.0 Å². The van der Waals surface area contributed by atoms with Crippen LogP contribution in [0.1, 0.15) is 34.3 Å². The highest BCUT2D eigenvalue weighted by Gasteiger charge is 2.59. The number of aliphatic hydroxyl groups is 4. The Morgan fingerprint density at radius 2 is 1.90 bits per heavy atom. The highest BCUT2D eigenvalue weighted by atomic mass is 16.4. The molecule has 1 aromatic carbocycles. The maximum atomic E-state index is 13.2. The third-order valence-electron chi connectivity index (χ3n) is 6.59. The number of benzene rings is 1. The van der Waals surface area contributed by atoms with Crippen LogP contribution in [0.4, 0.5) is 0 Å². The predicted octanol–water partition coefficient (Wildman–Crippen LogP) is 0.941. The maximum Gasteiger partial charge on any atom is 0.253 e. The smallest absolute Gasteiger partial charge is 0.253 e. The number of carbonyl (C=O) groups is 2. The Morgan fingerprint density at radius 3 is 2.55 bits per heavy atom. The number of aryl methyl sites for hydroxylation is 1. The summed E-state index contributed by atoms with van der Waals surface area (Å²) in [7, 11) is 1.31. The average Bonchev–Trinajstić information content (AvgIpc) is 2.67. The number of fused-ring (bicyclic) bond motifs is 3. The first-order chi connectivity index (χ1) is 13.6. The van der Waals surface area contributed by atoms with Crippen molar-refractivity contribution in [2.24, 2.45) is 11.8 Å². The molecule has 6 N–H and O–H groups in total. The van der Waals surface area contributed by atoms with Crippen LogP contribution in [-0.4, -0.2) is 56.0 Å². The number of aliphatic hydroxyl groups excluding tert-OH is 3. The Labute approximate surface area is 166 Å². The second-order valence-electron chi connectivity index (χ2n) is 8.05. The van der Waals surface area contributed by atoms with Gasteiger partial charge in [0.15, 0.2) is 11.4 Å². The van der Waals surface area contributed by atoms with Crippen molar-refractivity contribution in [2.75, 3.05) is 7.05 Å². The Hall–Kier alpha value is -2.84. The Balaban J connectivity index is 1.89. The minimum atomic E-state index is -2.29. The van der Waals surface area contributed by atoms with Crippen LogP contribution in [0.2, 0.25) is 0 Å². The fourth-order valence-corrected chi connectivity index (χ4v) is 5.06. The Bertz CT molecular complexity index is 1010. The summed E-state index contributed by atoms with van der Waals surface area (Å²) in [4.78, 5) is 25.3. The quantitative estimate of drug-likeness (QED) is 0.410. The summed E-state index contributed by atoms with van der Waals surface area (Å²) in [5, 5.41) is 55.9. The second kappa shape index (κ2) is 6.33. The van der Waals surface area contributed by atoms with Crippen molar-refractivity contribution in [3.8, 4) is 5.75 Å². The van der Waals surface area contributed by atoms with Gasteiger partial charge >= 0.3 is 0 Å². The van der Waals surface area contributed by atoms with Gasteiger partial charge in [-0.2, -0.15) is 0 Å². The molecule has 0 fully saturated rings. The lowest BCUT2D eigenvalue weighted by molar-refractivity contribution is -0.133. The van der Waals surface area contributed by atoms with Crippen LogP contribution in [0, 0.1) is 18.8 Å². The number of aromatic hydroxyl groups is 1. The zero-order valence-electron chi connectivity index (χ0n) is 16.1. The van der Waals surface area contributed by atoms with Gasteiger partial charge in [-0.25, -0.2) is 0 Å². The number of phenols is 1. The number of hydrogen-bond acceptors (Lipinski definition) is 7. The Morgan fingerprint density at radius 1 is 1.21 bits per heavy atom. The van der Waals surface area contributed by atoms with E-state index in [2.05, 4.69) is 5.32 Å². The van der Waals surface area contributed by atoms with Crippen LogP contribution in [0.3, 0.4) is 0 Å². The van der Waals surface area contributed by atoms with Gasteiger partial charge in [0.1, 0.15) is 23.4 Å². The van der Waals surface area contributed by atoms with Crippen LogP contribution in [-0.2, 0) is 11.2 Å². The lowest BCUT2D eigenvalue weighted by Crippen LogP contribution is -2.59. The largest absolute Gasteiger partial charge is 0.512 e. The number of phenolic OH excluding ortho intramolecular Hbond substituents is 1. The maximum absolute atomic E-state index is 13.2. The number of rotatable bonds is 1. The molecule has 0 aromatic heterocycles. The van der Waals surface area contributed by atoms with Crippen molar-refractivity contribution in [1.29, 1.82) is 0 Å². The van der Waals surface area contributed by atoms with Gasteiger partial charge in [-0.05, 0) is 42.9 Å². The first kappa shape index (κ1) is 19.5. The lowest BCUT2D eigenvalue weighted by atomic mass is 9.59. The number of amides is 1. The number of Topliss-reactive ketones (excluding diaryl/α,β-unsaturated/α-hetero) is 1. The van der Waals surface area contributed by atoms with E-state index < -0.39 is 46.6 Å². The van der Waals surface area contributed by atoms with E-state index in [1.54, 1.807) is 6.07 Å². The molecule has 1 amide bonds. The summed E-state index contributed by atoms with van der Waals surface area (Å²) in [6.07, 6.45) is -1.44. The van der Waals surface area contributed by atoms with Crippen LogP contribution < -0.4 is 5.32 Å². The van der Waals surface area contributed by atoms with Crippen LogP contribution in [0.25, 0.3) is 0 Å². The summed E-state index contributed by atoms with van der Waals surface area (Å²) in [5.41, 5.74) is -1.18. The molecule has 0 saturated carbocycles. The molecule has 8 nitrogen and oxygen atoms in total. The molecule has 0 spiro atoms. The van der Waals surface area contributed by atoms with Gasteiger partial charge in [-0.1, -0.05) is 6.07 Å². The molecule has 8 heteroatoms.